The van der Waals surface area contributed by atoms with E-state index in [0.717, 1.165) is 49.7 Å². The predicted molar refractivity (Wildman–Crippen MR) is 98.7 cm³/mol. The largest absolute Gasteiger partial charge is 0.379 e. The van der Waals surface area contributed by atoms with Crippen LogP contribution in [0.2, 0.25) is 0 Å². The minimum absolute atomic E-state index is 0.00753. The highest BCUT2D eigenvalue weighted by Crippen LogP contribution is 2.19. The predicted octanol–water partition coefficient (Wildman–Crippen LogP) is 1.81. The lowest BCUT2D eigenvalue weighted by Gasteiger charge is -2.29. The third-order valence-electron chi connectivity index (χ3n) is 4.59. The molecule has 2 amide bonds. The topological polar surface area (TPSA) is 61.9 Å². The van der Waals surface area contributed by atoms with Crippen molar-refractivity contribution in [2.45, 2.75) is 27.2 Å². The first-order valence-electron chi connectivity index (χ1n) is 8.89. The number of morpholine rings is 1. The van der Waals surface area contributed by atoms with E-state index in [4.69, 9.17) is 4.74 Å². The second-order valence-corrected chi connectivity index (χ2v) is 6.53. The number of amides is 2. The van der Waals surface area contributed by atoms with E-state index in [2.05, 4.69) is 10.2 Å². The van der Waals surface area contributed by atoms with E-state index in [1.54, 1.807) is 11.8 Å². The molecule has 1 aromatic carbocycles. The molecule has 1 aliphatic heterocycles. The number of hydrogen-bond donors (Lipinski definition) is 1. The zero-order valence-corrected chi connectivity index (χ0v) is 15.5. The van der Waals surface area contributed by atoms with Crippen molar-refractivity contribution in [3.63, 3.8) is 0 Å². The van der Waals surface area contributed by atoms with Gasteiger partial charge in [0.1, 0.15) is 0 Å². The van der Waals surface area contributed by atoms with E-state index in [0.29, 0.717) is 19.5 Å². The monoisotopic (exact) mass is 347 g/mol. The maximum absolute atomic E-state index is 12.3. The van der Waals surface area contributed by atoms with E-state index >= 15 is 0 Å². The first-order chi connectivity index (χ1) is 12.0. The quantitative estimate of drug-likeness (QED) is 0.817. The number of ether oxygens (including phenoxy) is 1. The maximum atomic E-state index is 12.3. The van der Waals surface area contributed by atoms with E-state index in [9.17, 15) is 9.59 Å². The molecule has 6 heteroatoms. The molecule has 1 N–H and O–H groups in total. The summed E-state index contributed by atoms with van der Waals surface area (Å²) >= 11 is 0. The summed E-state index contributed by atoms with van der Waals surface area (Å²) in [4.78, 5) is 28.2. The van der Waals surface area contributed by atoms with Gasteiger partial charge < -0.3 is 15.0 Å². The summed E-state index contributed by atoms with van der Waals surface area (Å²) in [5.74, 6) is -0.0526. The van der Waals surface area contributed by atoms with Crippen LogP contribution in [-0.4, -0.2) is 67.6 Å². The molecule has 0 aliphatic carbocycles. The number of nitrogens with one attached hydrogen (secondary N) is 1. The molecule has 0 saturated carbocycles. The Morgan fingerprint density at radius 1 is 1.16 bits per heavy atom. The Hall–Kier alpha value is -1.92. The van der Waals surface area contributed by atoms with Gasteiger partial charge in [0, 0.05) is 51.8 Å². The number of rotatable bonds is 7. The van der Waals surface area contributed by atoms with Crippen LogP contribution in [0.5, 0.6) is 0 Å². The van der Waals surface area contributed by atoms with Crippen LogP contribution in [0.3, 0.4) is 0 Å². The van der Waals surface area contributed by atoms with Crippen LogP contribution in [0.25, 0.3) is 0 Å². The zero-order valence-electron chi connectivity index (χ0n) is 15.5. The third kappa shape index (κ3) is 6.14. The fourth-order valence-corrected chi connectivity index (χ4v) is 2.96. The summed E-state index contributed by atoms with van der Waals surface area (Å²) in [6.07, 6.45) is 0.302. The number of carbonyl (C=O) groups is 2. The van der Waals surface area contributed by atoms with Gasteiger partial charge >= 0.3 is 0 Å². The molecular weight excluding hydrogens is 318 g/mol. The standard InChI is InChI=1S/C19H29N3O3/c1-15-5-4-6-16(2)19(15)20-18(24)7-8-22(17(3)23)10-9-21-11-13-25-14-12-21/h4-6H,7-14H2,1-3H3,(H,20,24). The molecule has 1 aliphatic rings. The van der Waals surface area contributed by atoms with E-state index in [1.165, 1.54) is 0 Å². The number of aryl methyl sites for hydroxylation is 2. The van der Waals surface area contributed by atoms with Crippen molar-refractivity contribution in [1.29, 1.82) is 0 Å². The van der Waals surface area contributed by atoms with E-state index in [1.807, 2.05) is 32.0 Å². The Kier molecular flexibility index (Phi) is 7.40. The molecule has 1 aromatic rings. The number of nitrogens with zero attached hydrogens (tertiary/aromatic N) is 2. The molecule has 0 bridgehead atoms. The van der Waals surface area contributed by atoms with Gasteiger partial charge in [-0.1, -0.05) is 18.2 Å². The van der Waals surface area contributed by atoms with Gasteiger partial charge in [-0.25, -0.2) is 0 Å². The fourth-order valence-electron chi connectivity index (χ4n) is 2.96. The highest BCUT2D eigenvalue weighted by molar-refractivity contribution is 5.92. The van der Waals surface area contributed by atoms with Crippen molar-refractivity contribution in [2.24, 2.45) is 0 Å². The van der Waals surface area contributed by atoms with Crippen molar-refractivity contribution in [1.82, 2.24) is 9.80 Å². The van der Waals surface area contributed by atoms with Crippen molar-refractivity contribution < 1.29 is 14.3 Å². The van der Waals surface area contributed by atoms with Gasteiger partial charge in [0.2, 0.25) is 11.8 Å². The number of carbonyl (C=O) groups excluding carboxylic acids is 2. The molecule has 0 aromatic heterocycles. The van der Waals surface area contributed by atoms with Crippen molar-refractivity contribution in [3.8, 4) is 0 Å². The van der Waals surface area contributed by atoms with Gasteiger partial charge in [0.25, 0.3) is 0 Å². The average Bonchev–Trinajstić information content (AvgIpc) is 2.59. The fraction of sp³-hybridized carbons (Fsp3) is 0.579. The van der Waals surface area contributed by atoms with Crippen LogP contribution in [0, 0.1) is 13.8 Å². The van der Waals surface area contributed by atoms with Gasteiger partial charge in [0.05, 0.1) is 13.2 Å². The maximum Gasteiger partial charge on any atom is 0.226 e. The van der Waals surface area contributed by atoms with Gasteiger partial charge in [-0.15, -0.1) is 0 Å². The minimum atomic E-state index is -0.0602. The number of anilines is 1. The number of benzene rings is 1. The molecule has 1 heterocycles. The molecule has 0 atom stereocenters. The molecule has 0 unspecified atom stereocenters. The van der Waals surface area contributed by atoms with Gasteiger partial charge in [-0.3, -0.25) is 14.5 Å². The molecular formula is C19H29N3O3. The van der Waals surface area contributed by atoms with Gasteiger partial charge in [-0.2, -0.15) is 0 Å². The molecule has 1 saturated heterocycles. The average molecular weight is 347 g/mol. The Morgan fingerprint density at radius 2 is 1.80 bits per heavy atom. The SMILES string of the molecule is CC(=O)N(CCC(=O)Nc1c(C)cccc1C)CCN1CCOCC1. The van der Waals surface area contributed by atoms with Crippen LogP contribution in [0.15, 0.2) is 18.2 Å². The summed E-state index contributed by atoms with van der Waals surface area (Å²) in [5.41, 5.74) is 2.96. The molecule has 6 nitrogen and oxygen atoms in total. The molecule has 0 radical (unpaired) electrons. The second-order valence-electron chi connectivity index (χ2n) is 6.53. The molecule has 25 heavy (non-hydrogen) atoms. The van der Waals surface area contributed by atoms with Crippen molar-refractivity contribution >= 4 is 17.5 Å². The lowest BCUT2D eigenvalue weighted by molar-refractivity contribution is -0.129. The first-order valence-corrected chi connectivity index (χ1v) is 8.89. The minimum Gasteiger partial charge on any atom is -0.379 e. The Morgan fingerprint density at radius 3 is 2.40 bits per heavy atom. The summed E-state index contributed by atoms with van der Waals surface area (Å²) < 4.78 is 5.33. The smallest absolute Gasteiger partial charge is 0.226 e. The third-order valence-corrected chi connectivity index (χ3v) is 4.59. The van der Waals surface area contributed by atoms with E-state index < -0.39 is 0 Å². The lowest BCUT2D eigenvalue weighted by atomic mass is 10.1. The van der Waals surface area contributed by atoms with Crippen LogP contribution < -0.4 is 5.32 Å². The molecule has 138 valence electrons. The Bertz CT molecular complexity index is 577. The van der Waals surface area contributed by atoms with Crippen LogP contribution >= 0.6 is 0 Å². The highest BCUT2D eigenvalue weighted by Gasteiger charge is 2.15. The summed E-state index contributed by atoms with van der Waals surface area (Å²) in [6, 6.07) is 5.93. The van der Waals surface area contributed by atoms with Crippen LogP contribution in [0.1, 0.15) is 24.5 Å². The zero-order chi connectivity index (χ0) is 18.2. The Balaban J connectivity index is 1.81. The van der Waals surface area contributed by atoms with Gasteiger partial charge in [-0.05, 0) is 25.0 Å². The molecule has 1 fully saturated rings. The summed E-state index contributed by atoms with van der Waals surface area (Å²) in [6.45, 7) is 10.7. The van der Waals surface area contributed by atoms with Crippen LogP contribution in [0.4, 0.5) is 5.69 Å². The normalized spacial score (nSPS) is 15.0. The lowest BCUT2D eigenvalue weighted by Crippen LogP contribution is -2.43. The van der Waals surface area contributed by atoms with Crippen molar-refractivity contribution in [2.75, 3.05) is 51.3 Å². The van der Waals surface area contributed by atoms with Crippen molar-refractivity contribution in [3.05, 3.63) is 29.3 Å². The van der Waals surface area contributed by atoms with Crippen LogP contribution in [-0.2, 0) is 14.3 Å². The summed E-state index contributed by atoms with van der Waals surface area (Å²) in [7, 11) is 0. The Labute approximate surface area is 150 Å². The van der Waals surface area contributed by atoms with Gasteiger partial charge in [0.15, 0.2) is 0 Å². The summed E-state index contributed by atoms with van der Waals surface area (Å²) in [5, 5.41) is 2.97. The van der Waals surface area contributed by atoms with E-state index in [-0.39, 0.29) is 11.8 Å². The highest BCUT2D eigenvalue weighted by atomic mass is 16.5. The first kappa shape index (κ1) is 19.4. The number of para-hydroxylation sites is 1. The number of hydrogen-bond acceptors (Lipinski definition) is 4. The molecule has 0 spiro atoms. The second kappa shape index (κ2) is 9.53. The molecule has 2 rings (SSSR count).